The summed E-state index contributed by atoms with van der Waals surface area (Å²) in [5.74, 6) is -1.28. The van der Waals surface area contributed by atoms with Crippen molar-refractivity contribution >= 4 is 32.9 Å². The van der Waals surface area contributed by atoms with Crippen LogP contribution >= 0.6 is 11.3 Å². The largest absolute Gasteiger partial charge is 0.436 e. The van der Waals surface area contributed by atoms with E-state index < -0.39 is 29.2 Å². The third kappa shape index (κ3) is 4.18. The number of hydrogen-bond acceptors (Lipinski definition) is 4. The van der Waals surface area contributed by atoms with Crippen LogP contribution in [0.15, 0.2) is 66.0 Å². The molecular formula is C25H14F6N2OS. The van der Waals surface area contributed by atoms with Crippen molar-refractivity contribution in [1.82, 2.24) is 10.2 Å². The molecule has 0 unspecified atom stereocenters. The van der Waals surface area contributed by atoms with Crippen LogP contribution in [0.3, 0.4) is 0 Å². The van der Waals surface area contributed by atoms with Gasteiger partial charge in [-0.3, -0.25) is 0 Å². The Morgan fingerprint density at radius 1 is 0.771 bits per heavy atom. The number of halogens is 6. The third-order valence-corrected chi connectivity index (χ3v) is 6.39. The van der Waals surface area contributed by atoms with Crippen molar-refractivity contribution in [1.29, 1.82) is 0 Å². The first-order chi connectivity index (χ1) is 16.5. The van der Waals surface area contributed by atoms with Crippen molar-refractivity contribution in [2.24, 2.45) is 0 Å². The number of benzene rings is 3. The van der Waals surface area contributed by atoms with Crippen molar-refractivity contribution in [3.05, 3.63) is 82.7 Å². The molecule has 0 bridgehead atoms. The van der Waals surface area contributed by atoms with Crippen molar-refractivity contribution in [2.75, 3.05) is 0 Å². The molecule has 2 heterocycles. The van der Waals surface area contributed by atoms with Gasteiger partial charge in [-0.15, -0.1) is 21.5 Å². The summed E-state index contributed by atoms with van der Waals surface area (Å²) in [7, 11) is 0. The molecule has 0 aliphatic heterocycles. The molecule has 5 aromatic rings. The van der Waals surface area contributed by atoms with E-state index in [0.717, 1.165) is 21.7 Å². The van der Waals surface area contributed by atoms with Gasteiger partial charge in [0.05, 0.1) is 10.4 Å². The van der Waals surface area contributed by atoms with E-state index in [2.05, 4.69) is 10.2 Å². The Balaban J connectivity index is 1.78. The zero-order valence-corrected chi connectivity index (χ0v) is 18.6. The number of fused-ring (bicyclic) bond motifs is 2. The fraction of sp³-hybridized carbons (Fsp3) is 0.120. The lowest BCUT2D eigenvalue weighted by molar-refractivity contribution is -0.162. The van der Waals surface area contributed by atoms with Crippen LogP contribution in [-0.4, -0.2) is 10.2 Å². The normalized spacial score (nSPS) is 12.4. The van der Waals surface area contributed by atoms with Gasteiger partial charge < -0.3 is 4.74 Å². The molecule has 3 aromatic carbocycles. The number of thiophene rings is 1. The highest BCUT2D eigenvalue weighted by Gasteiger charge is 2.46. The molecular weight excluding hydrogens is 490 g/mol. The molecule has 10 heteroatoms. The average Bonchev–Trinajstić information content (AvgIpc) is 3.32. The van der Waals surface area contributed by atoms with E-state index in [1.54, 1.807) is 18.2 Å². The number of aryl methyl sites for hydroxylation is 1. The Kier molecular flexibility index (Phi) is 5.43. The van der Waals surface area contributed by atoms with Crippen LogP contribution in [-0.2, 0) is 12.4 Å². The number of rotatable bonds is 3. The Labute approximate surface area is 198 Å². The van der Waals surface area contributed by atoms with Gasteiger partial charge in [-0.25, -0.2) is 0 Å². The maximum atomic E-state index is 13.9. The lowest BCUT2D eigenvalue weighted by Gasteiger charge is -2.21. The summed E-state index contributed by atoms with van der Waals surface area (Å²) in [4.78, 5) is 0.774. The maximum absolute atomic E-state index is 13.9. The van der Waals surface area contributed by atoms with E-state index in [4.69, 9.17) is 4.74 Å². The van der Waals surface area contributed by atoms with Gasteiger partial charge >= 0.3 is 12.4 Å². The Morgan fingerprint density at radius 2 is 1.46 bits per heavy atom. The second-order valence-corrected chi connectivity index (χ2v) is 8.76. The van der Waals surface area contributed by atoms with Gasteiger partial charge in [-0.2, -0.15) is 26.3 Å². The highest BCUT2D eigenvalue weighted by molar-refractivity contribution is 7.13. The van der Waals surface area contributed by atoms with Crippen LogP contribution in [0.5, 0.6) is 11.6 Å². The molecule has 0 saturated carbocycles. The standard InChI is InChI=1S/C25H14F6N2OS/c1-13-8-9-18(24(26,27)28)20(25(29,30)31)22(13)34-23-17-12-15-6-3-2-5-14(15)11-16(17)21(32-33-23)19-7-4-10-35-19/h2-12H,1H3. The quantitative estimate of drug-likeness (QED) is 0.182. The maximum Gasteiger partial charge on any atom is 0.420 e. The average molecular weight is 504 g/mol. The van der Waals surface area contributed by atoms with Crippen molar-refractivity contribution in [2.45, 2.75) is 19.3 Å². The smallest absolute Gasteiger partial charge is 0.420 e. The Morgan fingerprint density at radius 3 is 2.06 bits per heavy atom. The monoisotopic (exact) mass is 504 g/mol. The predicted octanol–water partition coefficient (Wildman–Crippen LogP) is 8.65. The van der Waals surface area contributed by atoms with E-state index in [1.165, 1.54) is 18.3 Å². The number of hydrogen-bond donors (Lipinski definition) is 0. The van der Waals surface area contributed by atoms with Crippen LogP contribution in [0.25, 0.3) is 32.1 Å². The van der Waals surface area contributed by atoms with E-state index in [1.807, 2.05) is 35.7 Å². The van der Waals surface area contributed by atoms with Crippen molar-refractivity contribution in [3.8, 4) is 22.2 Å². The second-order valence-electron chi connectivity index (χ2n) is 7.81. The summed E-state index contributed by atoms with van der Waals surface area (Å²) in [5, 5.41) is 12.5. The summed E-state index contributed by atoms with van der Waals surface area (Å²) < 4.78 is 87.6. The minimum Gasteiger partial charge on any atom is -0.436 e. The van der Waals surface area contributed by atoms with Crippen molar-refractivity contribution in [3.63, 3.8) is 0 Å². The summed E-state index contributed by atoms with van der Waals surface area (Å²) >= 11 is 1.40. The number of alkyl halides is 6. The van der Waals surface area contributed by atoms with Gasteiger partial charge in [0.1, 0.15) is 17.0 Å². The molecule has 0 aliphatic rings. The summed E-state index contributed by atoms with van der Waals surface area (Å²) in [6.07, 6.45) is -10.6. The second kappa shape index (κ2) is 8.23. The number of aromatic nitrogens is 2. The first-order valence-electron chi connectivity index (χ1n) is 10.2. The molecule has 35 heavy (non-hydrogen) atoms. The van der Waals surface area contributed by atoms with Gasteiger partial charge in [0, 0.05) is 10.8 Å². The van der Waals surface area contributed by atoms with Gasteiger partial charge in [-0.1, -0.05) is 36.4 Å². The third-order valence-electron chi connectivity index (χ3n) is 5.51. The van der Waals surface area contributed by atoms with E-state index in [-0.39, 0.29) is 11.4 Å². The van der Waals surface area contributed by atoms with Gasteiger partial charge in [0.2, 0.25) is 5.88 Å². The minimum absolute atomic E-state index is 0.122. The molecule has 178 valence electrons. The molecule has 0 aliphatic carbocycles. The number of nitrogens with zero attached hydrogens (tertiary/aromatic N) is 2. The van der Waals surface area contributed by atoms with E-state index >= 15 is 0 Å². The summed E-state index contributed by atoms with van der Waals surface area (Å²) in [6.45, 7) is 1.25. The molecule has 2 aromatic heterocycles. The SMILES string of the molecule is Cc1ccc(C(F)(F)F)c(C(F)(F)F)c1Oc1nnc(-c2cccs2)c2cc3ccccc3cc12. The fourth-order valence-electron chi connectivity index (χ4n) is 3.92. The predicted molar refractivity (Wildman–Crippen MR) is 122 cm³/mol. The van der Waals surface area contributed by atoms with Crippen LogP contribution < -0.4 is 4.74 Å². The van der Waals surface area contributed by atoms with Crippen molar-refractivity contribution < 1.29 is 31.1 Å². The minimum atomic E-state index is -5.32. The zero-order valence-electron chi connectivity index (χ0n) is 17.8. The Bertz CT molecular complexity index is 1560. The lowest BCUT2D eigenvalue weighted by atomic mass is 10.0. The molecule has 0 amide bonds. The molecule has 5 rings (SSSR count). The van der Waals surface area contributed by atoms with Gasteiger partial charge in [-0.05, 0) is 52.9 Å². The van der Waals surface area contributed by atoms with Crippen LogP contribution in [0, 0.1) is 6.92 Å². The topological polar surface area (TPSA) is 35.0 Å². The molecule has 0 saturated heterocycles. The van der Waals surface area contributed by atoms with Crippen LogP contribution in [0.2, 0.25) is 0 Å². The van der Waals surface area contributed by atoms with Crippen LogP contribution in [0.4, 0.5) is 26.3 Å². The summed E-state index contributed by atoms with van der Waals surface area (Å²) in [6, 6.07) is 15.8. The van der Waals surface area contributed by atoms with Gasteiger partial charge in [0.25, 0.3) is 0 Å². The zero-order chi connectivity index (χ0) is 25.0. The molecule has 0 atom stereocenters. The fourth-order valence-corrected chi connectivity index (χ4v) is 4.64. The molecule has 0 fully saturated rings. The Hall–Kier alpha value is -3.66. The molecule has 0 N–H and O–H groups in total. The van der Waals surface area contributed by atoms with E-state index in [0.29, 0.717) is 22.5 Å². The number of ether oxygens (including phenoxy) is 1. The first kappa shape index (κ1) is 23.1. The van der Waals surface area contributed by atoms with Crippen LogP contribution in [0.1, 0.15) is 16.7 Å². The highest BCUT2D eigenvalue weighted by atomic mass is 32.1. The molecule has 0 spiro atoms. The summed E-state index contributed by atoms with van der Waals surface area (Å²) in [5.41, 5.74) is -3.36. The first-order valence-corrected chi connectivity index (χ1v) is 11.1. The highest BCUT2D eigenvalue weighted by Crippen LogP contribution is 2.48. The molecule has 0 radical (unpaired) electrons. The molecule has 3 nitrogen and oxygen atoms in total. The van der Waals surface area contributed by atoms with E-state index in [9.17, 15) is 26.3 Å². The van der Waals surface area contributed by atoms with Gasteiger partial charge in [0.15, 0.2) is 0 Å². The lowest BCUT2D eigenvalue weighted by Crippen LogP contribution is -2.18.